The second kappa shape index (κ2) is 4.58. The minimum atomic E-state index is -0.897. The van der Waals surface area contributed by atoms with Gasteiger partial charge < -0.3 is 4.57 Å². The normalized spacial score (nSPS) is 11.8. The molecule has 0 aliphatic rings. The maximum Gasteiger partial charge on any atom is 0.205 e. The fraction of sp³-hybridized carbons (Fsp3) is 0.167. The van der Waals surface area contributed by atoms with E-state index >= 15 is 0 Å². The molecule has 0 aliphatic heterocycles. The van der Waals surface area contributed by atoms with Crippen molar-refractivity contribution >= 4 is 5.78 Å². The summed E-state index contributed by atoms with van der Waals surface area (Å²) >= 11 is 0. The molecule has 5 nitrogen and oxygen atoms in total. The molecule has 17 heavy (non-hydrogen) atoms. The van der Waals surface area contributed by atoms with Crippen LogP contribution in [-0.4, -0.2) is 20.3 Å². The van der Waals surface area contributed by atoms with E-state index in [0.717, 1.165) is 0 Å². The Morgan fingerprint density at radius 1 is 1.47 bits per heavy atom. The third-order valence-corrected chi connectivity index (χ3v) is 2.33. The minimum Gasteiger partial charge on any atom is -0.340 e. The van der Waals surface area contributed by atoms with E-state index in [-0.39, 0.29) is 11.5 Å². The van der Waals surface area contributed by atoms with Crippen LogP contribution in [0, 0.1) is 11.3 Å². The van der Waals surface area contributed by atoms with Crippen molar-refractivity contribution in [2.24, 2.45) is 7.05 Å². The lowest BCUT2D eigenvalue weighted by Gasteiger charge is -2.04. The lowest BCUT2D eigenvalue weighted by molar-refractivity contribution is 0.0973. The average molecular weight is 226 g/mol. The highest BCUT2D eigenvalue weighted by Gasteiger charge is 2.24. The molecule has 0 fully saturated rings. The average Bonchev–Trinajstić information content (AvgIpc) is 2.78. The van der Waals surface area contributed by atoms with Crippen LogP contribution in [0.5, 0.6) is 0 Å². The summed E-state index contributed by atoms with van der Waals surface area (Å²) in [5.41, 5.74) is 0.732. The predicted octanol–water partition coefficient (Wildman–Crippen LogP) is 1.31. The zero-order valence-corrected chi connectivity index (χ0v) is 9.24. The van der Waals surface area contributed by atoms with Gasteiger partial charge in [0.05, 0.1) is 18.1 Å². The van der Waals surface area contributed by atoms with Crippen LogP contribution < -0.4 is 0 Å². The smallest absolute Gasteiger partial charge is 0.205 e. The Balaban J connectivity index is 2.32. The van der Waals surface area contributed by atoms with Gasteiger partial charge in [-0.3, -0.25) is 9.78 Å². The van der Waals surface area contributed by atoms with Crippen molar-refractivity contribution in [3.8, 4) is 6.07 Å². The molecule has 0 radical (unpaired) electrons. The van der Waals surface area contributed by atoms with Crippen LogP contribution in [0.15, 0.2) is 36.9 Å². The molecule has 2 aromatic rings. The number of ketones is 1. The number of hydrogen-bond acceptors (Lipinski definition) is 4. The van der Waals surface area contributed by atoms with Gasteiger partial charge in [-0.2, -0.15) is 5.26 Å². The van der Waals surface area contributed by atoms with Crippen molar-refractivity contribution in [3.05, 3.63) is 48.3 Å². The van der Waals surface area contributed by atoms with Crippen molar-refractivity contribution in [2.45, 2.75) is 5.92 Å². The second-order valence-corrected chi connectivity index (χ2v) is 3.61. The van der Waals surface area contributed by atoms with Gasteiger partial charge >= 0.3 is 0 Å². The summed E-state index contributed by atoms with van der Waals surface area (Å²) in [4.78, 5) is 20.0. The Hall–Kier alpha value is -2.48. The summed E-state index contributed by atoms with van der Waals surface area (Å²) < 4.78 is 1.67. The number of Topliss-reactive ketones (excluding diaryl/α,β-unsaturated/α-hetero) is 1. The van der Waals surface area contributed by atoms with Crippen LogP contribution in [0.1, 0.15) is 22.1 Å². The van der Waals surface area contributed by atoms with Gasteiger partial charge in [0.1, 0.15) is 5.69 Å². The first-order valence-electron chi connectivity index (χ1n) is 5.05. The highest BCUT2D eigenvalue weighted by Crippen LogP contribution is 2.17. The number of carbonyl (C=O) groups is 1. The summed E-state index contributed by atoms with van der Waals surface area (Å²) in [7, 11) is 1.77. The van der Waals surface area contributed by atoms with E-state index in [1.807, 2.05) is 6.07 Å². The summed E-state index contributed by atoms with van der Waals surface area (Å²) in [6.07, 6.45) is 4.68. The fourth-order valence-electron chi connectivity index (χ4n) is 1.49. The van der Waals surface area contributed by atoms with Gasteiger partial charge in [-0.25, -0.2) is 4.98 Å². The van der Waals surface area contributed by atoms with Crippen LogP contribution in [-0.2, 0) is 7.05 Å². The monoisotopic (exact) mass is 226 g/mol. The van der Waals surface area contributed by atoms with E-state index < -0.39 is 5.92 Å². The molecule has 5 heteroatoms. The standard InChI is InChI=1S/C12H10N4O/c1-16-7-11(15-8-16)12(17)9(6-13)10-4-2-3-5-14-10/h2-5,7-9H,1H3. The summed E-state index contributed by atoms with van der Waals surface area (Å²) in [6, 6.07) is 7.11. The molecule has 2 heterocycles. The Bertz CT molecular complexity index is 568. The highest BCUT2D eigenvalue weighted by molar-refractivity contribution is 6.00. The van der Waals surface area contributed by atoms with Gasteiger partial charge in [0.25, 0.3) is 0 Å². The van der Waals surface area contributed by atoms with E-state index in [1.165, 1.54) is 6.33 Å². The topological polar surface area (TPSA) is 71.6 Å². The second-order valence-electron chi connectivity index (χ2n) is 3.61. The summed E-state index contributed by atoms with van der Waals surface area (Å²) in [5.74, 6) is -1.22. The molecule has 2 aromatic heterocycles. The lowest BCUT2D eigenvalue weighted by Crippen LogP contribution is -2.12. The fourth-order valence-corrected chi connectivity index (χ4v) is 1.49. The Morgan fingerprint density at radius 3 is 2.82 bits per heavy atom. The lowest BCUT2D eigenvalue weighted by atomic mass is 9.99. The summed E-state index contributed by atoms with van der Waals surface area (Å²) in [6.45, 7) is 0. The van der Waals surface area contributed by atoms with Crippen molar-refractivity contribution < 1.29 is 4.79 Å². The zero-order chi connectivity index (χ0) is 12.3. The molecule has 0 saturated carbocycles. The molecule has 2 rings (SSSR count). The van der Waals surface area contributed by atoms with E-state index in [9.17, 15) is 4.79 Å². The van der Waals surface area contributed by atoms with Crippen LogP contribution >= 0.6 is 0 Å². The van der Waals surface area contributed by atoms with Crippen molar-refractivity contribution in [3.63, 3.8) is 0 Å². The number of aryl methyl sites for hydroxylation is 1. The number of hydrogen-bond donors (Lipinski definition) is 0. The first kappa shape index (κ1) is 11.0. The molecule has 0 saturated heterocycles. The molecule has 0 amide bonds. The zero-order valence-electron chi connectivity index (χ0n) is 9.24. The van der Waals surface area contributed by atoms with E-state index in [2.05, 4.69) is 9.97 Å². The van der Waals surface area contributed by atoms with Crippen LogP contribution in [0.2, 0.25) is 0 Å². The number of nitrogens with zero attached hydrogens (tertiary/aromatic N) is 4. The van der Waals surface area contributed by atoms with Gasteiger partial charge in [0, 0.05) is 19.4 Å². The number of imidazole rings is 1. The van der Waals surface area contributed by atoms with Gasteiger partial charge in [-0.05, 0) is 12.1 Å². The van der Waals surface area contributed by atoms with E-state index in [4.69, 9.17) is 5.26 Å². The maximum absolute atomic E-state index is 12.1. The number of aromatic nitrogens is 3. The minimum absolute atomic E-state index is 0.282. The van der Waals surface area contributed by atoms with Crippen molar-refractivity contribution in [1.29, 1.82) is 5.26 Å². The van der Waals surface area contributed by atoms with Crippen LogP contribution in [0.4, 0.5) is 0 Å². The Morgan fingerprint density at radius 2 is 2.29 bits per heavy atom. The highest BCUT2D eigenvalue weighted by atomic mass is 16.1. The SMILES string of the molecule is Cn1cnc(C(=O)C(C#N)c2ccccn2)c1. The Kier molecular flexibility index (Phi) is 2.97. The van der Waals surface area contributed by atoms with Gasteiger partial charge in [-0.15, -0.1) is 0 Å². The molecule has 0 N–H and O–H groups in total. The largest absolute Gasteiger partial charge is 0.340 e. The molecule has 84 valence electrons. The predicted molar refractivity (Wildman–Crippen MR) is 60.1 cm³/mol. The quantitative estimate of drug-likeness (QED) is 0.739. The Labute approximate surface area is 98.4 Å². The van der Waals surface area contributed by atoms with Crippen LogP contribution in [0.3, 0.4) is 0 Å². The molecule has 0 aromatic carbocycles. The third kappa shape index (κ3) is 2.21. The first-order valence-corrected chi connectivity index (χ1v) is 5.05. The number of pyridine rings is 1. The first-order chi connectivity index (χ1) is 8.22. The molecule has 0 bridgehead atoms. The molecule has 1 atom stereocenters. The number of rotatable bonds is 3. The van der Waals surface area contributed by atoms with Gasteiger partial charge in [0.15, 0.2) is 5.92 Å². The van der Waals surface area contributed by atoms with Crippen LogP contribution in [0.25, 0.3) is 0 Å². The number of nitriles is 1. The van der Waals surface area contributed by atoms with Gasteiger partial charge in [0.2, 0.25) is 5.78 Å². The van der Waals surface area contributed by atoms with E-state index in [0.29, 0.717) is 5.69 Å². The van der Waals surface area contributed by atoms with E-state index in [1.54, 1.807) is 42.2 Å². The third-order valence-electron chi connectivity index (χ3n) is 2.33. The molecular weight excluding hydrogens is 216 g/mol. The van der Waals surface area contributed by atoms with Crippen molar-refractivity contribution in [1.82, 2.24) is 14.5 Å². The van der Waals surface area contributed by atoms with Gasteiger partial charge in [-0.1, -0.05) is 6.07 Å². The molecule has 1 unspecified atom stereocenters. The molecule has 0 spiro atoms. The maximum atomic E-state index is 12.1. The van der Waals surface area contributed by atoms with Crippen molar-refractivity contribution in [2.75, 3.05) is 0 Å². The number of carbonyl (C=O) groups excluding carboxylic acids is 1. The summed E-state index contributed by atoms with van der Waals surface area (Å²) in [5, 5.41) is 9.07. The molecule has 0 aliphatic carbocycles. The molecular formula is C12H10N4O.